The number of ether oxygens (including phenoxy) is 1. The molecule has 0 saturated carbocycles. The van der Waals surface area contributed by atoms with Gasteiger partial charge in [-0.2, -0.15) is 0 Å². The molecule has 0 aliphatic carbocycles. The molecule has 1 heterocycles. The molecule has 0 aromatic heterocycles. The van der Waals surface area contributed by atoms with Crippen LogP contribution in [0, 0.1) is 5.92 Å². The van der Waals surface area contributed by atoms with E-state index in [1.165, 1.54) is 0 Å². The van der Waals surface area contributed by atoms with Crippen LogP contribution in [0.5, 0.6) is 5.75 Å². The van der Waals surface area contributed by atoms with Gasteiger partial charge in [0.2, 0.25) is 0 Å². The number of rotatable bonds is 6. The molecule has 1 amide bonds. The van der Waals surface area contributed by atoms with Crippen LogP contribution in [0.25, 0.3) is 0 Å². The molecule has 2 aromatic carbocycles. The van der Waals surface area contributed by atoms with E-state index in [1.807, 2.05) is 59.5 Å². The molecule has 0 spiro atoms. The van der Waals surface area contributed by atoms with E-state index in [4.69, 9.17) is 4.74 Å². The van der Waals surface area contributed by atoms with E-state index in [9.17, 15) is 4.79 Å². The molecular formula is C22H28N2O2. The molecule has 0 radical (unpaired) electrons. The van der Waals surface area contributed by atoms with Crippen LogP contribution < -0.4 is 4.74 Å². The third-order valence-corrected chi connectivity index (χ3v) is 4.63. The molecule has 0 unspecified atom stereocenters. The Morgan fingerprint density at radius 2 is 1.62 bits per heavy atom. The van der Waals surface area contributed by atoms with Gasteiger partial charge in [-0.3, -0.25) is 9.69 Å². The number of carbonyl (C=O) groups is 1. The number of benzene rings is 2. The Balaban J connectivity index is 1.51. The largest absolute Gasteiger partial charge is 0.489 e. The summed E-state index contributed by atoms with van der Waals surface area (Å²) in [5.41, 5.74) is 1.82. The minimum Gasteiger partial charge on any atom is -0.489 e. The van der Waals surface area contributed by atoms with E-state index in [0.29, 0.717) is 12.5 Å². The zero-order valence-corrected chi connectivity index (χ0v) is 15.7. The van der Waals surface area contributed by atoms with Crippen LogP contribution in [0.15, 0.2) is 54.6 Å². The van der Waals surface area contributed by atoms with Crippen molar-refractivity contribution in [3.63, 3.8) is 0 Å². The van der Waals surface area contributed by atoms with Gasteiger partial charge < -0.3 is 9.64 Å². The van der Waals surface area contributed by atoms with Gasteiger partial charge in [-0.05, 0) is 35.7 Å². The summed E-state index contributed by atoms with van der Waals surface area (Å²) in [4.78, 5) is 17.1. The van der Waals surface area contributed by atoms with Crippen LogP contribution in [0.2, 0.25) is 0 Å². The quantitative estimate of drug-likeness (QED) is 0.795. The van der Waals surface area contributed by atoms with Gasteiger partial charge >= 0.3 is 0 Å². The average Bonchev–Trinajstić information content (AvgIpc) is 2.67. The van der Waals surface area contributed by atoms with Gasteiger partial charge in [0.15, 0.2) is 0 Å². The summed E-state index contributed by atoms with van der Waals surface area (Å²) in [6.45, 7) is 9.64. The highest BCUT2D eigenvalue weighted by Gasteiger charge is 2.22. The average molecular weight is 352 g/mol. The summed E-state index contributed by atoms with van der Waals surface area (Å²) in [5, 5.41) is 0. The molecule has 1 fully saturated rings. The van der Waals surface area contributed by atoms with Crippen molar-refractivity contribution in [2.75, 3.05) is 32.7 Å². The fourth-order valence-corrected chi connectivity index (χ4v) is 3.26. The lowest BCUT2D eigenvalue weighted by atomic mass is 10.1. The lowest BCUT2D eigenvalue weighted by molar-refractivity contribution is 0.0624. The Bertz CT molecular complexity index is 690. The normalized spacial score (nSPS) is 15.3. The highest BCUT2D eigenvalue weighted by molar-refractivity contribution is 5.94. The third kappa shape index (κ3) is 5.09. The minimum atomic E-state index is 0.129. The molecule has 4 nitrogen and oxygen atoms in total. The van der Waals surface area contributed by atoms with Crippen LogP contribution in [-0.4, -0.2) is 48.4 Å². The second-order valence-corrected chi connectivity index (χ2v) is 7.29. The maximum Gasteiger partial charge on any atom is 0.253 e. The SMILES string of the molecule is CC(C)CN1CCN(C(=O)c2ccc(COc3ccccc3)cc2)CC1. The lowest BCUT2D eigenvalue weighted by Crippen LogP contribution is -2.49. The highest BCUT2D eigenvalue weighted by Crippen LogP contribution is 2.14. The molecule has 1 saturated heterocycles. The lowest BCUT2D eigenvalue weighted by Gasteiger charge is -2.35. The van der Waals surface area contributed by atoms with Gasteiger partial charge in [0.25, 0.3) is 5.91 Å². The number of piperazine rings is 1. The van der Waals surface area contributed by atoms with Gasteiger partial charge in [-0.25, -0.2) is 0 Å². The molecule has 0 atom stereocenters. The summed E-state index contributed by atoms with van der Waals surface area (Å²) in [6.07, 6.45) is 0. The van der Waals surface area contributed by atoms with Crippen molar-refractivity contribution in [2.24, 2.45) is 5.92 Å². The first-order valence-electron chi connectivity index (χ1n) is 9.40. The highest BCUT2D eigenvalue weighted by atomic mass is 16.5. The fraction of sp³-hybridized carbons (Fsp3) is 0.409. The molecule has 26 heavy (non-hydrogen) atoms. The summed E-state index contributed by atoms with van der Waals surface area (Å²) in [5.74, 6) is 1.65. The van der Waals surface area contributed by atoms with Crippen molar-refractivity contribution in [1.82, 2.24) is 9.80 Å². The number of carbonyl (C=O) groups excluding carboxylic acids is 1. The van der Waals surface area contributed by atoms with Crippen molar-refractivity contribution >= 4 is 5.91 Å². The zero-order valence-electron chi connectivity index (χ0n) is 15.7. The molecule has 0 N–H and O–H groups in total. The van der Waals surface area contributed by atoms with Crippen molar-refractivity contribution in [3.05, 3.63) is 65.7 Å². The number of hydrogen-bond donors (Lipinski definition) is 0. The van der Waals surface area contributed by atoms with E-state index in [1.54, 1.807) is 0 Å². The second kappa shape index (κ2) is 8.86. The monoisotopic (exact) mass is 352 g/mol. The van der Waals surface area contributed by atoms with E-state index in [-0.39, 0.29) is 5.91 Å². The molecule has 1 aliphatic rings. The summed E-state index contributed by atoms with van der Waals surface area (Å²) in [6, 6.07) is 17.5. The Hall–Kier alpha value is -2.33. The van der Waals surface area contributed by atoms with Gasteiger partial charge in [-0.1, -0.05) is 44.2 Å². The number of hydrogen-bond acceptors (Lipinski definition) is 3. The van der Waals surface area contributed by atoms with Crippen molar-refractivity contribution < 1.29 is 9.53 Å². The maximum atomic E-state index is 12.7. The molecule has 138 valence electrons. The van der Waals surface area contributed by atoms with Crippen LogP contribution in [0.3, 0.4) is 0 Å². The van der Waals surface area contributed by atoms with Gasteiger partial charge in [0.05, 0.1) is 0 Å². The molecule has 4 heteroatoms. The number of para-hydroxylation sites is 1. The van der Waals surface area contributed by atoms with Crippen LogP contribution in [-0.2, 0) is 6.61 Å². The first kappa shape index (κ1) is 18.5. The molecule has 3 rings (SSSR count). The first-order chi connectivity index (χ1) is 12.6. The van der Waals surface area contributed by atoms with Crippen molar-refractivity contribution in [3.8, 4) is 5.75 Å². The summed E-state index contributed by atoms with van der Waals surface area (Å²) in [7, 11) is 0. The minimum absolute atomic E-state index is 0.129. The third-order valence-electron chi connectivity index (χ3n) is 4.63. The zero-order chi connectivity index (χ0) is 18.4. The van der Waals surface area contributed by atoms with Crippen molar-refractivity contribution in [1.29, 1.82) is 0 Å². The smallest absolute Gasteiger partial charge is 0.253 e. The van der Waals surface area contributed by atoms with E-state index < -0.39 is 0 Å². The van der Waals surface area contributed by atoms with Gasteiger partial charge in [0, 0.05) is 38.3 Å². The molecule has 2 aromatic rings. The summed E-state index contributed by atoms with van der Waals surface area (Å²) < 4.78 is 5.75. The van der Waals surface area contributed by atoms with Gasteiger partial charge in [-0.15, -0.1) is 0 Å². The fourth-order valence-electron chi connectivity index (χ4n) is 3.26. The van der Waals surface area contributed by atoms with Crippen LogP contribution in [0.1, 0.15) is 29.8 Å². The van der Waals surface area contributed by atoms with Crippen LogP contribution >= 0.6 is 0 Å². The first-order valence-corrected chi connectivity index (χ1v) is 9.40. The molecule has 1 aliphatic heterocycles. The Morgan fingerprint density at radius 3 is 2.23 bits per heavy atom. The van der Waals surface area contributed by atoms with E-state index >= 15 is 0 Å². The standard InChI is InChI=1S/C22H28N2O2/c1-18(2)16-23-12-14-24(15-13-23)22(25)20-10-8-19(9-11-20)17-26-21-6-4-3-5-7-21/h3-11,18H,12-17H2,1-2H3. The Kier molecular flexibility index (Phi) is 6.29. The predicted octanol–water partition coefficient (Wildman–Crippen LogP) is 3.68. The Labute approximate surface area is 156 Å². The Morgan fingerprint density at radius 1 is 0.962 bits per heavy atom. The van der Waals surface area contributed by atoms with Crippen molar-refractivity contribution in [2.45, 2.75) is 20.5 Å². The maximum absolute atomic E-state index is 12.7. The topological polar surface area (TPSA) is 32.8 Å². The number of amides is 1. The van der Waals surface area contributed by atoms with Gasteiger partial charge in [0.1, 0.15) is 12.4 Å². The summed E-state index contributed by atoms with van der Waals surface area (Å²) >= 11 is 0. The number of nitrogens with zero attached hydrogens (tertiary/aromatic N) is 2. The van der Waals surface area contributed by atoms with E-state index in [2.05, 4.69) is 18.7 Å². The molecule has 0 bridgehead atoms. The second-order valence-electron chi connectivity index (χ2n) is 7.29. The van der Waals surface area contributed by atoms with Crippen LogP contribution in [0.4, 0.5) is 0 Å². The molecular weight excluding hydrogens is 324 g/mol. The predicted molar refractivity (Wildman–Crippen MR) is 104 cm³/mol. The van der Waals surface area contributed by atoms with E-state index in [0.717, 1.165) is 49.6 Å².